The van der Waals surface area contributed by atoms with E-state index in [1.165, 1.54) is 0 Å². The van der Waals surface area contributed by atoms with Crippen molar-refractivity contribution < 1.29 is 22.8 Å². The standard InChI is InChI=1S/C17H18O5Si9/c1-7-20-28(21-8-2)29(31(25,26)27,30(23,24)22-9-3)11-10-15-13-17(19-6)16(18-5)12-14(15)4/h1-3,12-13H,10-11H2,4-6H3. The monoisotopic (exact) mass is 554 g/mol. The molecule has 152 valence electrons. The molecular weight excluding hydrogens is 537 g/mol. The van der Waals surface area contributed by atoms with E-state index in [0.717, 1.165) is 11.1 Å². The second-order valence-electron chi connectivity index (χ2n) is 6.42. The van der Waals surface area contributed by atoms with E-state index in [2.05, 4.69) is 67.1 Å². The topological polar surface area (TPSA) is 46.2 Å². The van der Waals surface area contributed by atoms with E-state index in [-0.39, 0.29) is 0 Å². The van der Waals surface area contributed by atoms with Gasteiger partial charge in [-0.25, -0.2) is 0 Å². The van der Waals surface area contributed by atoms with Crippen molar-refractivity contribution in [2.45, 2.75) is 19.4 Å². The van der Waals surface area contributed by atoms with E-state index >= 15 is 0 Å². The van der Waals surface area contributed by atoms with Gasteiger partial charge in [-0.05, 0) is 36.6 Å². The lowest BCUT2D eigenvalue weighted by Gasteiger charge is -2.48. The Morgan fingerprint density at radius 1 is 0.903 bits per heavy atom. The molecule has 0 aliphatic heterocycles. The number of hydrogen-bond acceptors (Lipinski definition) is 5. The normalized spacial score (nSPS) is 13.2. The maximum atomic E-state index is 5.78. The van der Waals surface area contributed by atoms with Crippen LogP contribution in [-0.2, 0) is 19.7 Å². The number of rotatable bonds is 11. The molecule has 0 heterocycles. The summed E-state index contributed by atoms with van der Waals surface area (Å²) in [6, 6.07) is 4.50. The van der Waals surface area contributed by atoms with Crippen LogP contribution in [0.3, 0.4) is 0 Å². The minimum absolute atomic E-state index is 0.616. The minimum atomic E-state index is -2.99. The van der Waals surface area contributed by atoms with Crippen molar-refractivity contribution in [3.8, 4) is 49.1 Å². The van der Waals surface area contributed by atoms with Gasteiger partial charge >= 0.3 is 8.80 Å². The summed E-state index contributed by atoms with van der Waals surface area (Å²) in [5.41, 5.74) is 2.10. The van der Waals surface area contributed by atoms with E-state index in [9.17, 15) is 0 Å². The molecule has 0 aromatic heterocycles. The summed E-state index contributed by atoms with van der Waals surface area (Å²) in [4.78, 5) is 0. The summed E-state index contributed by atoms with van der Waals surface area (Å²) in [6.07, 6.45) is 21.3. The number of methoxy groups -OCH3 is 2. The van der Waals surface area contributed by atoms with Crippen LogP contribution in [0.2, 0.25) is 6.04 Å². The highest BCUT2D eigenvalue weighted by atomic mass is 30.4. The third-order valence-electron chi connectivity index (χ3n) is 4.72. The van der Waals surface area contributed by atoms with Gasteiger partial charge in [-0.2, -0.15) is 0 Å². The summed E-state index contributed by atoms with van der Waals surface area (Å²) < 4.78 is 28.0. The number of benzene rings is 1. The minimum Gasteiger partial charge on any atom is -0.514 e. The molecule has 0 aliphatic rings. The van der Waals surface area contributed by atoms with Gasteiger partial charge in [0.1, 0.15) is 0 Å². The largest absolute Gasteiger partial charge is 0.514 e. The quantitative estimate of drug-likeness (QED) is 0.267. The van der Waals surface area contributed by atoms with E-state index in [4.69, 9.17) is 42.0 Å². The molecule has 0 aliphatic carbocycles. The first-order chi connectivity index (χ1) is 14.4. The fourth-order valence-electron chi connectivity index (χ4n) is 3.12. The van der Waals surface area contributed by atoms with Gasteiger partial charge in [-0.1, -0.05) is 25.3 Å². The van der Waals surface area contributed by atoms with Crippen LogP contribution < -0.4 is 9.47 Å². The Labute approximate surface area is 205 Å². The van der Waals surface area contributed by atoms with Gasteiger partial charge in [-0.15, -0.1) is 0 Å². The summed E-state index contributed by atoms with van der Waals surface area (Å²) in [5, 5.41) is 0. The molecule has 1 rings (SSSR count). The van der Waals surface area contributed by atoms with Crippen LogP contribution >= 0.6 is 0 Å². The fraction of sp³-hybridized carbons (Fsp3) is 0.294. The molecule has 0 N–H and O–H groups in total. The van der Waals surface area contributed by atoms with Gasteiger partial charge in [0.25, 0.3) is 0 Å². The lowest BCUT2D eigenvalue weighted by Crippen LogP contribution is -2.88. The maximum Gasteiger partial charge on any atom is 0.512 e. The van der Waals surface area contributed by atoms with Crippen LogP contribution in [0, 0.1) is 44.5 Å². The zero-order chi connectivity index (χ0) is 23.9. The molecular formula is C17H18O5Si9. The molecule has 1 atom stereocenters. The van der Waals surface area contributed by atoms with Crippen LogP contribution in [0.15, 0.2) is 12.1 Å². The number of aryl methyl sites for hydroxylation is 2. The van der Waals surface area contributed by atoms with Gasteiger partial charge < -0.3 is 22.8 Å². The van der Waals surface area contributed by atoms with Crippen molar-refractivity contribution in [1.82, 2.24) is 0 Å². The molecule has 0 spiro atoms. The molecule has 0 bridgehead atoms. The van der Waals surface area contributed by atoms with Crippen molar-refractivity contribution in [3.05, 3.63) is 23.3 Å². The van der Waals surface area contributed by atoms with E-state index in [1.807, 2.05) is 19.1 Å². The highest BCUT2D eigenvalue weighted by Crippen LogP contribution is 2.34. The van der Waals surface area contributed by atoms with Gasteiger partial charge in [0.15, 0.2) is 18.1 Å². The van der Waals surface area contributed by atoms with Gasteiger partial charge in [0.05, 0.1) is 52.1 Å². The molecule has 1 unspecified atom stereocenters. The highest BCUT2D eigenvalue weighted by molar-refractivity contribution is 8.11. The van der Waals surface area contributed by atoms with Gasteiger partial charge in [0.2, 0.25) is 6.87 Å². The Morgan fingerprint density at radius 3 is 1.84 bits per heavy atom. The molecule has 0 saturated heterocycles. The molecule has 0 fully saturated rings. The molecule has 16 radical (unpaired) electrons. The van der Waals surface area contributed by atoms with Crippen LogP contribution in [0.1, 0.15) is 11.1 Å². The first-order valence-corrected chi connectivity index (χ1v) is 26.6. The van der Waals surface area contributed by atoms with E-state index in [1.54, 1.807) is 14.2 Å². The lowest BCUT2D eigenvalue weighted by atomic mass is 10.1. The van der Waals surface area contributed by atoms with Crippen molar-refractivity contribution in [2.24, 2.45) is 0 Å². The number of ether oxygens (including phenoxy) is 2. The highest BCUT2D eigenvalue weighted by Gasteiger charge is 2.69. The molecule has 14 heteroatoms. The van der Waals surface area contributed by atoms with Gasteiger partial charge in [-0.3, -0.25) is 0 Å². The van der Waals surface area contributed by atoms with Crippen molar-refractivity contribution in [1.29, 1.82) is 0 Å². The first kappa shape index (κ1) is 27.9. The lowest BCUT2D eigenvalue weighted by molar-refractivity contribution is 0.354. The van der Waals surface area contributed by atoms with Crippen molar-refractivity contribution >= 4 is 77.2 Å². The third kappa shape index (κ3) is 6.01. The molecule has 1 aromatic carbocycles. The molecule has 31 heavy (non-hydrogen) atoms. The van der Waals surface area contributed by atoms with E-state index < -0.39 is 28.4 Å². The Bertz CT molecular complexity index is 881. The predicted molar refractivity (Wildman–Crippen MR) is 134 cm³/mol. The van der Waals surface area contributed by atoms with Crippen LogP contribution in [0.5, 0.6) is 11.5 Å². The second kappa shape index (κ2) is 11.6. The molecule has 0 saturated carbocycles. The summed E-state index contributed by atoms with van der Waals surface area (Å²) in [5.74, 6) is 1.30. The average molecular weight is 555 g/mol. The van der Waals surface area contributed by atoms with Crippen LogP contribution in [0.4, 0.5) is 0 Å². The summed E-state index contributed by atoms with van der Waals surface area (Å²) in [6.45, 7) is -3.87. The number of terminal acetylenes is 3. The third-order valence-corrected chi connectivity index (χ3v) is 81.7. The average Bonchev–Trinajstić information content (AvgIpc) is 2.68. The maximum absolute atomic E-state index is 5.78. The first-order valence-electron chi connectivity index (χ1n) is 8.68. The molecule has 5 nitrogen and oxygen atoms in total. The zero-order valence-electron chi connectivity index (χ0n) is 17.3. The van der Waals surface area contributed by atoms with Crippen molar-refractivity contribution in [2.75, 3.05) is 14.2 Å². The predicted octanol–water partition coefficient (Wildman–Crippen LogP) is -0.731. The molecule has 0 amide bonds. The Balaban J connectivity index is 3.64. The summed E-state index contributed by atoms with van der Waals surface area (Å²) >= 11 is 0. The smallest absolute Gasteiger partial charge is 0.512 e. The zero-order valence-corrected chi connectivity index (χ0v) is 26.3. The SMILES string of the molecule is C#CO[Si](OC#C)[Si](CCc1cc(OC)c(OC)cc1C)([Si]([Si])([Si])[Si])[Si]([Si])([Si])OC#C. The van der Waals surface area contributed by atoms with Gasteiger partial charge in [0, 0.05) is 35.4 Å². The Hall–Kier alpha value is -1.15. The Morgan fingerprint density at radius 2 is 1.42 bits per heavy atom. The Kier molecular flexibility index (Phi) is 10.5. The van der Waals surface area contributed by atoms with Crippen molar-refractivity contribution in [3.63, 3.8) is 0 Å². The fourth-order valence-corrected chi connectivity index (χ4v) is 93.4. The second-order valence-corrected chi connectivity index (χ2v) is 55.0. The number of hydrogen-bond donors (Lipinski definition) is 0. The van der Waals surface area contributed by atoms with Crippen LogP contribution in [0.25, 0.3) is 0 Å². The van der Waals surface area contributed by atoms with E-state index in [0.29, 0.717) is 24.0 Å². The van der Waals surface area contributed by atoms with Crippen LogP contribution in [-0.4, -0.2) is 91.5 Å². The summed E-state index contributed by atoms with van der Waals surface area (Å²) in [7, 11) is 20.3. The molecule has 1 aromatic rings.